The summed E-state index contributed by atoms with van der Waals surface area (Å²) in [4.78, 5) is 4.37. The molecule has 2 rings (SSSR count). The molecule has 76 valence electrons. The Kier molecular flexibility index (Phi) is 3.55. The molecule has 0 aliphatic carbocycles. The van der Waals surface area contributed by atoms with Crippen molar-refractivity contribution in [2.45, 2.75) is 6.92 Å². The van der Waals surface area contributed by atoms with Crippen LogP contribution in [0.5, 0.6) is 0 Å². The largest absolute Gasteiger partial charge is 0.256 e. The lowest BCUT2D eigenvalue weighted by molar-refractivity contribution is 1.32. The fourth-order valence-electron chi connectivity index (χ4n) is 1.30. The Hall–Kier alpha value is -0.240. The molecule has 2 aromatic rings. The van der Waals surface area contributed by atoms with Gasteiger partial charge in [0.1, 0.15) is 0 Å². The Balaban J connectivity index is 2.63. The second-order valence-electron chi connectivity index (χ2n) is 3.12. The number of nitrogens with zero attached hydrogens (tertiary/aromatic N) is 1. The highest BCUT2D eigenvalue weighted by molar-refractivity contribution is 9.11. The third-order valence-electron chi connectivity index (χ3n) is 2.09. The van der Waals surface area contributed by atoms with Crippen molar-refractivity contribution >= 4 is 40.1 Å². The van der Waals surface area contributed by atoms with Crippen molar-refractivity contribution < 1.29 is 0 Å². The van der Waals surface area contributed by atoms with Gasteiger partial charge in [-0.25, -0.2) is 0 Å². The van der Waals surface area contributed by atoms with E-state index in [-0.39, 0.29) is 0 Å². The van der Waals surface area contributed by atoms with E-state index in [1.54, 1.807) is 0 Å². The zero-order valence-electron chi connectivity index (χ0n) is 8.04. The van der Waals surface area contributed by atoms with E-state index in [1.165, 1.54) is 19.1 Å². The molecule has 0 atom stereocenters. The van der Waals surface area contributed by atoms with Gasteiger partial charge in [0.2, 0.25) is 0 Å². The third kappa shape index (κ3) is 2.47. The van der Waals surface area contributed by atoms with Crippen LogP contribution >= 0.6 is 40.1 Å². The number of aromatic nitrogens is 1. The smallest absolute Gasteiger partial charge is 0.0751 e. The second-order valence-corrected chi connectivity index (χ2v) is 6.59. The predicted molar refractivity (Wildman–Crippen MR) is 72.3 cm³/mol. The number of halogens is 2. The number of rotatable bonds is 1. The van der Waals surface area contributed by atoms with Gasteiger partial charge in [0.25, 0.3) is 0 Å². The quantitative estimate of drug-likeness (QED) is 0.696. The highest BCUT2D eigenvalue weighted by Crippen LogP contribution is 2.39. The van der Waals surface area contributed by atoms with Crippen LogP contribution in [0.25, 0.3) is 11.0 Å². The van der Waals surface area contributed by atoms with Crippen LogP contribution in [0.3, 0.4) is 0 Å². The van der Waals surface area contributed by atoms with Crippen molar-refractivity contribution in [3.8, 4) is 11.0 Å². The van der Waals surface area contributed by atoms with E-state index < -0.39 is 0 Å². The monoisotopic (exact) mass is 343 g/mol. The fraction of sp³-hybridized carbons (Fsp3) is 0.0909. The SMILES string of the molecule is Cc1c(Br)cc(Br)pc1-c1ccccn1. The normalized spacial score (nSPS) is 10.9. The molecule has 0 aromatic carbocycles. The molecule has 15 heavy (non-hydrogen) atoms. The first-order chi connectivity index (χ1) is 7.18. The van der Waals surface area contributed by atoms with Gasteiger partial charge in [0.15, 0.2) is 0 Å². The molecule has 0 unspecified atom stereocenters. The molecular formula is C11H8Br2NP. The molecule has 0 amide bonds. The predicted octanol–water partition coefficient (Wildman–Crippen LogP) is 5.16. The summed E-state index contributed by atoms with van der Waals surface area (Å²) >= 11 is 7.08. The molecule has 0 aliphatic rings. The zero-order valence-corrected chi connectivity index (χ0v) is 12.1. The second kappa shape index (κ2) is 4.73. The van der Waals surface area contributed by atoms with Crippen LogP contribution in [0.15, 0.2) is 39.1 Å². The van der Waals surface area contributed by atoms with E-state index in [2.05, 4.69) is 49.8 Å². The van der Waals surface area contributed by atoms with Gasteiger partial charge in [-0.2, -0.15) is 0 Å². The lowest BCUT2D eigenvalue weighted by Gasteiger charge is -2.07. The van der Waals surface area contributed by atoms with Crippen molar-refractivity contribution in [3.05, 3.63) is 44.7 Å². The molecule has 0 N–H and O–H groups in total. The zero-order chi connectivity index (χ0) is 10.8. The number of hydrogen-bond acceptors (Lipinski definition) is 1. The Morgan fingerprint density at radius 1 is 1.27 bits per heavy atom. The van der Waals surface area contributed by atoms with E-state index in [9.17, 15) is 0 Å². The summed E-state index contributed by atoms with van der Waals surface area (Å²) in [6, 6.07) is 8.07. The van der Waals surface area contributed by atoms with Crippen LogP contribution in [0.2, 0.25) is 0 Å². The minimum Gasteiger partial charge on any atom is -0.256 e. The average Bonchev–Trinajstić information content (AvgIpc) is 2.24. The van der Waals surface area contributed by atoms with Gasteiger partial charge >= 0.3 is 0 Å². The minimum atomic E-state index is 1.04. The van der Waals surface area contributed by atoms with Gasteiger partial charge in [0, 0.05) is 20.2 Å². The van der Waals surface area contributed by atoms with Gasteiger partial charge in [0.05, 0.1) is 5.69 Å². The molecule has 0 spiro atoms. The van der Waals surface area contributed by atoms with E-state index in [4.69, 9.17) is 0 Å². The molecule has 0 saturated carbocycles. The van der Waals surface area contributed by atoms with Gasteiger partial charge in [-0.3, -0.25) is 4.98 Å². The molecule has 0 bridgehead atoms. The minimum absolute atomic E-state index is 1.04. The molecule has 0 saturated heterocycles. The van der Waals surface area contributed by atoms with E-state index in [1.807, 2.05) is 24.4 Å². The van der Waals surface area contributed by atoms with E-state index >= 15 is 0 Å². The number of pyridine rings is 1. The maximum absolute atomic E-state index is 4.37. The van der Waals surface area contributed by atoms with Gasteiger partial charge in [-0.15, -0.1) is 0 Å². The fourth-order valence-corrected chi connectivity index (χ4v) is 4.07. The Labute approximate surface area is 107 Å². The molecule has 0 radical (unpaired) electrons. The Morgan fingerprint density at radius 2 is 2.07 bits per heavy atom. The summed E-state index contributed by atoms with van der Waals surface area (Å²) in [5, 5.41) is 1.25. The van der Waals surface area contributed by atoms with Crippen LogP contribution in [0.4, 0.5) is 0 Å². The lowest BCUT2D eigenvalue weighted by Crippen LogP contribution is -1.84. The van der Waals surface area contributed by atoms with Crippen molar-refractivity contribution in [2.24, 2.45) is 0 Å². The first kappa shape index (κ1) is 11.3. The number of hydrogen-bond donors (Lipinski definition) is 0. The first-order valence-electron chi connectivity index (χ1n) is 4.42. The van der Waals surface area contributed by atoms with Gasteiger partial charge < -0.3 is 0 Å². The van der Waals surface area contributed by atoms with Crippen LogP contribution in [-0.4, -0.2) is 4.98 Å². The van der Waals surface area contributed by atoms with Gasteiger partial charge in [-0.1, -0.05) is 30.2 Å². The highest BCUT2D eigenvalue weighted by Gasteiger charge is 2.07. The summed E-state index contributed by atoms with van der Waals surface area (Å²) < 4.78 is 2.27. The van der Waals surface area contributed by atoms with Gasteiger partial charge in [-0.05, 0) is 46.6 Å². The molecule has 1 nitrogen and oxygen atoms in total. The van der Waals surface area contributed by atoms with Crippen molar-refractivity contribution in [3.63, 3.8) is 0 Å². The van der Waals surface area contributed by atoms with Crippen molar-refractivity contribution in [1.82, 2.24) is 4.98 Å². The molecule has 2 aromatic heterocycles. The summed E-state index contributed by atoms with van der Waals surface area (Å²) in [7, 11) is 1.17. The molecule has 2 heterocycles. The molecule has 0 fully saturated rings. The molecule has 4 heteroatoms. The Bertz CT molecular complexity index is 485. The molecule has 0 aliphatic heterocycles. The maximum atomic E-state index is 4.37. The summed E-state index contributed by atoms with van der Waals surface area (Å²) in [5.74, 6) is 0. The summed E-state index contributed by atoms with van der Waals surface area (Å²) in [6.07, 6.45) is 1.82. The van der Waals surface area contributed by atoms with Crippen LogP contribution < -0.4 is 0 Å². The van der Waals surface area contributed by atoms with Crippen molar-refractivity contribution in [1.29, 1.82) is 0 Å². The third-order valence-corrected chi connectivity index (χ3v) is 4.80. The average molecular weight is 345 g/mol. The standard InChI is InChI=1S/C11H8Br2NP/c1-7-8(12)6-10(13)15-11(7)9-4-2-3-5-14-9/h2-6H,1H3. The van der Waals surface area contributed by atoms with Crippen LogP contribution in [0.1, 0.15) is 5.56 Å². The summed E-state index contributed by atoms with van der Waals surface area (Å²) in [5.41, 5.74) is 2.29. The van der Waals surface area contributed by atoms with E-state index in [0.29, 0.717) is 0 Å². The van der Waals surface area contributed by atoms with Crippen molar-refractivity contribution in [2.75, 3.05) is 0 Å². The summed E-state index contributed by atoms with van der Waals surface area (Å²) in [6.45, 7) is 2.11. The Morgan fingerprint density at radius 3 is 2.73 bits per heavy atom. The lowest BCUT2D eigenvalue weighted by atomic mass is 10.2. The topological polar surface area (TPSA) is 12.9 Å². The molecular weight excluding hydrogens is 337 g/mol. The van der Waals surface area contributed by atoms with Crippen LogP contribution in [-0.2, 0) is 0 Å². The van der Waals surface area contributed by atoms with Crippen LogP contribution in [0, 0.1) is 6.92 Å². The maximum Gasteiger partial charge on any atom is 0.0751 e. The van der Waals surface area contributed by atoms with E-state index in [0.717, 1.165) is 14.4 Å². The highest BCUT2D eigenvalue weighted by atomic mass is 79.9. The first-order valence-corrected chi connectivity index (χ1v) is 6.90.